The molecule has 0 bridgehead atoms. The molecule has 2 unspecified atom stereocenters. The van der Waals surface area contributed by atoms with Crippen LogP contribution in [0.5, 0.6) is 0 Å². The van der Waals surface area contributed by atoms with Crippen LogP contribution in [0.3, 0.4) is 0 Å². The van der Waals surface area contributed by atoms with Crippen molar-refractivity contribution < 1.29 is 14.9 Å². The van der Waals surface area contributed by atoms with Gasteiger partial charge in [0, 0.05) is 38.1 Å². The van der Waals surface area contributed by atoms with Crippen LogP contribution in [0.1, 0.15) is 26.7 Å². The van der Waals surface area contributed by atoms with Crippen molar-refractivity contribution in [2.24, 2.45) is 5.41 Å². The highest BCUT2D eigenvalue weighted by Gasteiger charge is 2.32. The van der Waals surface area contributed by atoms with Crippen LogP contribution >= 0.6 is 0 Å². The molecular formula is C11H23NO3. The smallest absolute Gasteiger partial charge is 0.102 e. The quantitative estimate of drug-likeness (QED) is 0.592. The van der Waals surface area contributed by atoms with Gasteiger partial charge < -0.3 is 20.3 Å². The minimum atomic E-state index is -0.704. The Morgan fingerprint density at radius 1 is 1.53 bits per heavy atom. The SMILES string of the molecule is CCC(C)(CO)CNCC1(O)CCOC1. The molecular weight excluding hydrogens is 194 g/mol. The first-order chi connectivity index (χ1) is 7.04. The van der Waals surface area contributed by atoms with Crippen LogP contribution < -0.4 is 5.32 Å². The average Bonchev–Trinajstić information content (AvgIpc) is 2.65. The standard InChI is InChI=1S/C11H23NO3/c1-3-10(2,8-13)6-12-7-11(14)4-5-15-9-11/h12-14H,3-9H2,1-2H3. The molecule has 1 aliphatic rings. The minimum Gasteiger partial charge on any atom is -0.396 e. The fourth-order valence-corrected chi connectivity index (χ4v) is 1.63. The van der Waals surface area contributed by atoms with E-state index in [-0.39, 0.29) is 12.0 Å². The van der Waals surface area contributed by atoms with E-state index in [2.05, 4.69) is 12.2 Å². The Kier molecular flexibility index (Phi) is 4.52. The molecule has 1 fully saturated rings. The molecule has 1 aliphatic heterocycles. The van der Waals surface area contributed by atoms with Crippen LogP contribution in [0, 0.1) is 5.41 Å². The third kappa shape index (κ3) is 3.72. The number of nitrogens with one attached hydrogen (secondary N) is 1. The number of aliphatic hydroxyl groups excluding tert-OH is 1. The number of rotatable bonds is 6. The van der Waals surface area contributed by atoms with Crippen molar-refractivity contribution in [3.05, 3.63) is 0 Å². The van der Waals surface area contributed by atoms with Crippen LogP contribution in [-0.4, -0.2) is 48.7 Å². The second-order valence-electron chi connectivity index (χ2n) is 4.95. The number of ether oxygens (including phenoxy) is 1. The Labute approximate surface area is 91.6 Å². The monoisotopic (exact) mass is 217 g/mol. The highest BCUT2D eigenvalue weighted by molar-refractivity contribution is 4.86. The molecule has 0 aromatic heterocycles. The summed E-state index contributed by atoms with van der Waals surface area (Å²) in [6.45, 7) is 6.60. The molecule has 0 radical (unpaired) electrons. The maximum atomic E-state index is 9.98. The maximum absolute atomic E-state index is 9.98. The maximum Gasteiger partial charge on any atom is 0.102 e. The first-order valence-electron chi connectivity index (χ1n) is 5.65. The Hall–Kier alpha value is -0.160. The van der Waals surface area contributed by atoms with Crippen molar-refractivity contribution in [2.45, 2.75) is 32.3 Å². The zero-order valence-electron chi connectivity index (χ0n) is 9.75. The molecule has 0 aromatic carbocycles. The second-order valence-corrected chi connectivity index (χ2v) is 4.95. The first kappa shape index (κ1) is 12.9. The molecule has 2 atom stereocenters. The molecule has 4 heteroatoms. The summed E-state index contributed by atoms with van der Waals surface area (Å²) in [5.74, 6) is 0. The summed E-state index contributed by atoms with van der Waals surface area (Å²) < 4.78 is 5.16. The van der Waals surface area contributed by atoms with E-state index < -0.39 is 5.60 Å². The fourth-order valence-electron chi connectivity index (χ4n) is 1.63. The van der Waals surface area contributed by atoms with E-state index in [1.54, 1.807) is 0 Å². The van der Waals surface area contributed by atoms with Gasteiger partial charge in [0.15, 0.2) is 0 Å². The second kappa shape index (κ2) is 5.25. The van der Waals surface area contributed by atoms with Gasteiger partial charge in [0.25, 0.3) is 0 Å². The summed E-state index contributed by atoms with van der Waals surface area (Å²) in [6, 6.07) is 0. The Morgan fingerprint density at radius 3 is 2.73 bits per heavy atom. The lowest BCUT2D eigenvalue weighted by molar-refractivity contribution is 0.0229. The van der Waals surface area contributed by atoms with Gasteiger partial charge in [-0.05, 0) is 6.42 Å². The number of aliphatic hydroxyl groups is 2. The lowest BCUT2D eigenvalue weighted by atomic mass is 9.88. The van der Waals surface area contributed by atoms with Crippen molar-refractivity contribution in [1.82, 2.24) is 5.32 Å². The zero-order chi connectivity index (χ0) is 11.4. The van der Waals surface area contributed by atoms with E-state index >= 15 is 0 Å². The lowest BCUT2D eigenvalue weighted by Crippen LogP contribution is -2.45. The van der Waals surface area contributed by atoms with Gasteiger partial charge in [0.05, 0.1) is 6.61 Å². The predicted molar refractivity (Wildman–Crippen MR) is 58.7 cm³/mol. The van der Waals surface area contributed by atoms with Gasteiger partial charge in [-0.25, -0.2) is 0 Å². The van der Waals surface area contributed by atoms with Gasteiger partial charge in [-0.1, -0.05) is 13.8 Å². The molecule has 1 saturated heterocycles. The molecule has 4 nitrogen and oxygen atoms in total. The van der Waals surface area contributed by atoms with E-state index in [1.807, 2.05) is 6.92 Å². The molecule has 1 heterocycles. The van der Waals surface area contributed by atoms with Crippen molar-refractivity contribution in [3.8, 4) is 0 Å². The highest BCUT2D eigenvalue weighted by Crippen LogP contribution is 2.20. The molecule has 15 heavy (non-hydrogen) atoms. The number of hydrogen-bond donors (Lipinski definition) is 3. The highest BCUT2D eigenvalue weighted by atomic mass is 16.5. The van der Waals surface area contributed by atoms with Crippen LogP contribution in [0.2, 0.25) is 0 Å². The summed E-state index contributed by atoms with van der Waals surface area (Å²) in [6.07, 6.45) is 1.62. The molecule has 3 N–H and O–H groups in total. The van der Waals surface area contributed by atoms with Crippen LogP contribution in [0.15, 0.2) is 0 Å². The topological polar surface area (TPSA) is 61.7 Å². The van der Waals surface area contributed by atoms with Gasteiger partial charge >= 0.3 is 0 Å². The third-order valence-electron chi connectivity index (χ3n) is 3.32. The first-order valence-corrected chi connectivity index (χ1v) is 5.65. The summed E-state index contributed by atoms with van der Waals surface area (Å²) in [7, 11) is 0. The normalized spacial score (nSPS) is 30.4. The van der Waals surface area contributed by atoms with E-state index in [9.17, 15) is 10.2 Å². The van der Waals surface area contributed by atoms with Crippen molar-refractivity contribution in [2.75, 3.05) is 32.9 Å². The molecule has 0 aliphatic carbocycles. The number of hydrogen-bond acceptors (Lipinski definition) is 4. The summed E-state index contributed by atoms with van der Waals surface area (Å²) in [5.41, 5.74) is -0.792. The molecule has 0 aromatic rings. The third-order valence-corrected chi connectivity index (χ3v) is 3.32. The van der Waals surface area contributed by atoms with Crippen molar-refractivity contribution in [1.29, 1.82) is 0 Å². The molecule has 0 spiro atoms. The summed E-state index contributed by atoms with van der Waals surface area (Å²) in [4.78, 5) is 0. The van der Waals surface area contributed by atoms with Gasteiger partial charge in [-0.3, -0.25) is 0 Å². The largest absolute Gasteiger partial charge is 0.396 e. The lowest BCUT2D eigenvalue weighted by Gasteiger charge is -2.28. The molecule has 0 amide bonds. The van der Waals surface area contributed by atoms with Crippen molar-refractivity contribution in [3.63, 3.8) is 0 Å². The molecule has 90 valence electrons. The minimum absolute atomic E-state index is 0.0875. The average molecular weight is 217 g/mol. The Balaban J connectivity index is 2.25. The Bertz CT molecular complexity index is 182. The zero-order valence-corrected chi connectivity index (χ0v) is 9.75. The molecule has 0 saturated carbocycles. The fraction of sp³-hybridized carbons (Fsp3) is 1.00. The van der Waals surface area contributed by atoms with Gasteiger partial charge in [0.2, 0.25) is 0 Å². The van der Waals surface area contributed by atoms with E-state index in [1.165, 1.54) is 0 Å². The van der Waals surface area contributed by atoms with Gasteiger partial charge in [0.1, 0.15) is 5.60 Å². The van der Waals surface area contributed by atoms with E-state index in [0.717, 1.165) is 13.0 Å². The molecule has 1 rings (SSSR count). The van der Waals surface area contributed by atoms with Crippen LogP contribution in [-0.2, 0) is 4.74 Å². The summed E-state index contributed by atoms with van der Waals surface area (Å²) >= 11 is 0. The van der Waals surface area contributed by atoms with Crippen LogP contribution in [0.25, 0.3) is 0 Å². The van der Waals surface area contributed by atoms with Gasteiger partial charge in [-0.2, -0.15) is 0 Å². The van der Waals surface area contributed by atoms with E-state index in [0.29, 0.717) is 26.2 Å². The summed E-state index contributed by atoms with van der Waals surface area (Å²) in [5, 5.41) is 22.4. The van der Waals surface area contributed by atoms with E-state index in [4.69, 9.17) is 4.74 Å². The van der Waals surface area contributed by atoms with Gasteiger partial charge in [-0.15, -0.1) is 0 Å². The Morgan fingerprint density at radius 2 is 2.27 bits per heavy atom. The van der Waals surface area contributed by atoms with Crippen LogP contribution in [0.4, 0.5) is 0 Å². The van der Waals surface area contributed by atoms with Crippen molar-refractivity contribution >= 4 is 0 Å². The predicted octanol–water partition coefficient (Wildman–Crippen LogP) is 0.136.